The van der Waals surface area contributed by atoms with E-state index in [0.29, 0.717) is 24.1 Å². The van der Waals surface area contributed by atoms with Crippen molar-refractivity contribution in [1.82, 2.24) is 5.32 Å². The first-order valence-electron chi connectivity index (χ1n) is 6.46. The number of hydrogen-bond acceptors (Lipinski definition) is 1. The molecule has 2 unspecified atom stereocenters. The van der Waals surface area contributed by atoms with E-state index in [-0.39, 0.29) is 5.82 Å². The van der Waals surface area contributed by atoms with Crippen LogP contribution in [0.4, 0.5) is 4.39 Å². The van der Waals surface area contributed by atoms with Gasteiger partial charge in [-0.25, -0.2) is 4.39 Å². The molecule has 1 nitrogen and oxygen atoms in total. The van der Waals surface area contributed by atoms with Gasteiger partial charge in [-0.3, -0.25) is 0 Å². The van der Waals surface area contributed by atoms with E-state index in [1.165, 1.54) is 11.6 Å². The summed E-state index contributed by atoms with van der Waals surface area (Å²) in [5, 5.41) is 3.43. The highest BCUT2D eigenvalue weighted by molar-refractivity contribution is 9.10. The van der Waals surface area contributed by atoms with Gasteiger partial charge in [0.05, 0.1) is 0 Å². The van der Waals surface area contributed by atoms with Crippen LogP contribution >= 0.6 is 15.9 Å². The van der Waals surface area contributed by atoms with Crippen molar-refractivity contribution >= 4 is 15.9 Å². The van der Waals surface area contributed by atoms with Crippen LogP contribution in [0.15, 0.2) is 53.0 Å². The van der Waals surface area contributed by atoms with E-state index in [9.17, 15) is 4.39 Å². The third-order valence-corrected chi connectivity index (χ3v) is 4.07. The summed E-state index contributed by atoms with van der Waals surface area (Å²) in [6, 6.07) is 16.0. The van der Waals surface area contributed by atoms with Gasteiger partial charge in [-0.1, -0.05) is 46.3 Å². The van der Waals surface area contributed by atoms with Crippen LogP contribution in [0.1, 0.15) is 23.5 Å². The Labute approximate surface area is 121 Å². The van der Waals surface area contributed by atoms with Gasteiger partial charge in [0.1, 0.15) is 5.82 Å². The Hall–Kier alpha value is -1.19. The monoisotopic (exact) mass is 319 g/mol. The van der Waals surface area contributed by atoms with Crippen molar-refractivity contribution in [2.45, 2.75) is 24.9 Å². The second kappa shape index (κ2) is 5.43. The molecule has 0 aliphatic heterocycles. The molecular weight excluding hydrogens is 305 g/mol. The smallest absolute Gasteiger partial charge is 0.127 e. The van der Waals surface area contributed by atoms with Gasteiger partial charge in [-0.2, -0.15) is 0 Å². The highest BCUT2D eigenvalue weighted by Gasteiger charge is 2.37. The Kier molecular flexibility index (Phi) is 3.67. The molecule has 0 spiro atoms. The molecular formula is C16H15BrFN. The van der Waals surface area contributed by atoms with Gasteiger partial charge in [-0.05, 0) is 30.2 Å². The Morgan fingerprint density at radius 2 is 1.95 bits per heavy atom. The van der Waals surface area contributed by atoms with E-state index in [4.69, 9.17) is 0 Å². The van der Waals surface area contributed by atoms with Crippen LogP contribution < -0.4 is 5.32 Å². The average Bonchev–Trinajstić information content (AvgIpc) is 3.20. The lowest BCUT2D eigenvalue weighted by atomic mass is 10.1. The second-order valence-corrected chi connectivity index (χ2v) is 5.89. The molecule has 19 heavy (non-hydrogen) atoms. The van der Waals surface area contributed by atoms with E-state index in [1.54, 1.807) is 6.07 Å². The molecule has 0 heterocycles. The van der Waals surface area contributed by atoms with Gasteiger partial charge < -0.3 is 5.32 Å². The van der Waals surface area contributed by atoms with Crippen LogP contribution in [-0.4, -0.2) is 6.04 Å². The maximum Gasteiger partial charge on any atom is 0.127 e. The van der Waals surface area contributed by atoms with E-state index < -0.39 is 0 Å². The third kappa shape index (κ3) is 3.04. The molecule has 0 saturated heterocycles. The molecule has 2 aromatic rings. The SMILES string of the molecule is Fc1ccc(Br)cc1CNC1CC1c1ccccc1. The summed E-state index contributed by atoms with van der Waals surface area (Å²) in [5.41, 5.74) is 2.09. The van der Waals surface area contributed by atoms with Crippen molar-refractivity contribution in [3.05, 3.63) is 69.9 Å². The molecule has 0 amide bonds. The van der Waals surface area contributed by atoms with Crippen LogP contribution in [0.2, 0.25) is 0 Å². The normalized spacial score (nSPS) is 21.4. The van der Waals surface area contributed by atoms with E-state index in [2.05, 4.69) is 45.5 Å². The summed E-state index contributed by atoms with van der Waals surface area (Å²) in [4.78, 5) is 0. The quantitative estimate of drug-likeness (QED) is 0.889. The summed E-state index contributed by atoms with van der Waals surface area (Å²) in [7, 11) is 0. The molecule has 0 aromatic heterocycles. The molecule has 1 aliphatic carbocycles. The maximum absolute atomic E-state index is 13.6. The van der Waals surface area contributed by atoms with Gasteiger partial charge >= 0.3 is 0 Å². The van der Waals surface area contributed by atoms with Crippen molar-refractivity contribution in [3.8, 4) is 0 Å². The zero-order valence-electron chi connectivity index (χ0n) is 10.4. The summed E-state index contributed by atoms with van der Waals surface area (Å²) < 4.78 is 14.5. The van der Waals surface area contributed by atoms with Crippen molar-refractivity contribution in [1.29, 1.82) is 0 Å². The first-order chi connectivity index (χ1) is 9.24. The minimum Gasteiger partial charge on any atom is -0.309 e. The summed E-state index contributed by atoms with van der Waals surface area (Å²) in [6.45, 7) is 0.583. The molecule has 1 fully saturated rings. The third-order valence-electron chi connectivity index (χ3n) is 3.58. The molecule has 1 saturated carbocycles. The largest absolute Gasteiger partial charge is 0.309 e. The van der Waals surface area contributed by atoms with Crippen molar-refractivity contribution < 1.29 is 4.39 Å². The number of rotatable bonds is 4. The van der Waals surface area contributed by atoms with Crippen LogP contribution in [-0.2, 0) is 6.54 Å². The van der Waals surface area contributed by atoms with Gasteiger partial charge in [0, 0.05) is 28.5 Å². The Morgan fingerprint density at radius 3 is 2.74 bits per heavy atom. The summed E-state index contributed by atoms with van der Waals surface area (Å²) in [6.07, 6.45) is 1.14. The molecule has 1 aliphatic rings. The lowest BCUT2D eigenvalue weighted by molar-refractivity contribution is 0.584. The highest BCUT2D eigenvalue weighted by atomic mass is 79.9. The van der Waals surface area contributed by atoms with Gasteiger partial charge in [-0.15, -0.1) is 0 Å². The molecule has 3 rings (SSSR count). The van der Waals surface area contributed by atoms with E-state index in [0.717, 1.165) is 10.9 Å². The van der Waals surface area contributed by atoms with Crippen molar-refractivity contribution in [3.63, 3.8) is 0 Å². The van der Waals surface area contributed by atoms with Crippen molar-refractivity contribution in [2.24, 2.45) is 0 Å². The fourth-order valence-corrected chi connectivity index (χ4v) is 2.82. The first kappa shape index (κ1) is 12.8. The molecule has 2 atom stereocenters. The second-order valence-electron chi connectivity index (χ2n) is 4.98. The molecule has 98 valence electrons. The lowest BCUT2D eigenvalue weighted by Crippen LogP contribution is -2.18. The van der Waals surface area contributed by atoms with Gasteiger partial charge in [0.15, 0.2) is 0 Å². The van der Waals surface area contributed by atoms with Crippen LogP contribution in [0, 0.1) is 5.82 Å². The van der Waals surface area contributed by atoms with E-state index in [1.807, 2.05) is 12.1 Å². The number of benzene rings is 2. The Balaban J connectivity index is 1.59. The average molecular weight is 320 g/mol. The molecule has 0 bridgehead atoms. The standard InChI is InChI=1S/C16H15BrFN/c17-13-6-7-15(18)12(8-13)10-19-16-9-14(16)11-4-2-1-3-5-11/h1-8,14,16,19H,9-10H2. The summed E-state index contributed by atoms with van der Waals surface area (Å²) >= 11 is 3.37. The predicted octanol–water partition coefficient (Wildman–Crippen LogP) is 4.23. The minimum atomic E-state index is -0.146. The van der Waals surface area contributed by atoms with Crippen molar-refractivity contribution in [2.75, 3.05) is 0 Å². The molecule has 1 N–H and O–H groups in total. The number of halogens is 2. The van der Waals surface area contributed by atoms with Crippen LogP contribution in [0.5, 0.6) is 0 Å². The Morgan fingerprint density at radius 1 is 1.16 bits per heavy atom. The van der Waals surface area contributed by atoms with Gasteiger partial charge in [0.25, 0.3) is 0 Å². The topological polar surface area (TPSA) is 12.0 Å². The predicted molar refractivity (Wildman–Crippen MR) is 78.5 cm³/mol. The lowest BCUT2D eigenvalue weighted by Gasteiger charge is -2.06. The molecule has 2 aromatic carbocycles. The fourth-order valence-electron chi connectivity index (χ4n) is 2.41. The van der Waals surface area contributed by atoms with Crippen LogP contribution in [0.3, 0.4) is 0 Å². The first-order valence-corrected chi connectivity index (χ1v) is 7.25. The van der Waals surface area contributed by atoms with Crippen LogP contribution in [0.25, 0.3) is 0 Å². The van der Waals surface area contributed by atoms with Gasteiger partial charge in [0.2, 0.25) is 0 Å². The molecule has 0 radical (unpaired) electrons. The number of nitrogens with one attached hydrogen (secondary N) is 1. The molecule has 3 heteroatoms. The zero-order valence-corrected chi connectivity index (χ0v) is 12.0. The van der Waals surface area contributed by atoms with E-state index >= 15 is 0 Å². The zero-order chi connectivity index (χ0) is 13.2. The number of hydrogen-bond donors (Lipinski definition) is 1. The summed E-state index contributed by atoms with van der Waals surface area (Å²) in [5.74, 6) is 0.434. The fraction of sp³-hybridized carbons (Fsp3) is 0.250. The maximum atomic E-state index is 13.6. The minimum absolute atomic E-state index is 0.146. The Bertz CT molecular complexity index is 570. The highest BCUT2D eigenvalue weighted by Crippen LogP contribution is 2.40.